The molecule has 0 N–H and O–H groups in total. The molecule has 0 bridgehead atoms. The van der Waals surface area contributed by atoms with Gasteiger partial charge in [-0.2, -0.15) is 0 Å². The van der Waals surface area contributed by atoms with Gasteiger partial charge in [0.2, 0.25) is 16.6 Å². The van der Waals surface area contributed by atoms with E-state index in [1.165, 1.54) is 12.8 Å². The Balaban J connectivity index is 5.15. The van der Waals surface area contributed by atoms with Gasteiger partial charge in [0.1, 0.15) is 5.76 Å². The lowest BCUT2D eigenvalue weighted by molar-refractivity contribution is 0.111. The molecule has 0 aliphatic rings. The van der Waals surface area contributed by atoms with Gasteiger partial charge in [-0.3, -0.25) is 0 Å². The van der Waals surface area contributed by atoms with Crippen LogP contribution in [0, 0.1) is 0 Å². The summed E-state index contributed by atoms with van der Waals surface area (Å²) in [6.07, 6.45) is 7.47. The lowest BCUT2D eigenvalue weighted by Crippen LogP contribution is -2.27. The molecule has 0 saturated carbocycles. The summed E-state index contributed by atoms with van der Waals surface area (Å²) in [6, 6.07) is 0. The highest BCUT2D eigenvalue weighted by Crippen LogP contribution is 2.18. The lowest BCUT2D eigenvalue weighted by atomic mass is 10.2. The fraction of sp³-hybridized carbons (Fsp3) is 0.750. The van der Waals surface area contributed by atoms with Gasteiger partial charge < -0.3 is 13.6 Å². The second kappa shape index (κ2) is 9.36. The van der Waals surface area contributed by atoms with E-state index in [-0.39, 0.29) is 0 Å². The molecule has 5 heteroatoms. The molecule has 0 heterocycles. The molecule has 21 heavy (non-hydrogen) atoms. The van der Waals surface area contributed by atoms with E-state index in [1.54, 1.807) is 0 Å². The van der Waals surface area contributed by atoms with Crippen molar-refractivity contribution in [3.8, 4) is 0 Å². The van der Waals surface area contributed by atoms with Crippen LogP contribution in [0.25, 0.3) is 0 Å². The van der Waals surface area contributed by atoms with Crippen molar-refractivity contribution in [3.05, 3.63) is 23.9 Å². The van der Waals surface area contributed by atoms with Crippen LogP contribution in [0.3, 0.4) is 0 Å². The minimum atomic E-state index is -1.69. The van der Waals surface area contributed by atoms with Gasteiger partial charge >= 0.3 is 0 Å². The zero-order valence-corrected chi connectivity index (χ0v) is 17.2. The molecule has 0 radical (unpaired) electrons. The maximum Gasteiger partial charge on any atom is 0.268 e. The van der Waals surface area contributed by atoms with Gasteiger partial charge in [-0.15, -0.1) is 0 Å². The molecule has 0 aromatic heterocycles. The fourth-order valence-corrected chi connectivity index (χ4v) is 3.16. The second-order valence-electron chi connectivity index (χ2n) is 7.07. The van der Waals surface area contributed by atoms with Gasteiger partial charge in [0, 0.05) is 0 Å². The highest BCUT2D eigenvalue weighted by molar-refractivity contribution is 6.70. The summed E-state index contributed by atoms with van der Waals surface area (Å²) in [5.41, 5.74) is 0. The van der Waals surface area contributed by atoms with Crippen molar-refractivity contribution < 1.29 is 13.6 Å². The molecular formula is C16H34O3Si2. The Hall–Kier alpha value is -0.686. The van der Waals surface area contributed by atoms with Crippen molar-refractivity contribution >= 4 is 16.6 Å². The molecule has 0 rings (SSSR count). The van der Waals surface area contributed by atoms with Crippen molar-refractivity contribution in [3.63, 3.8) is 0 Å². The van der Waals surface area contributed by atoms with E-state index in [9.17, 15) is 0 Å². The molecule has 0 aromatic carbocycles. The minimum absolute atomic E-state index is 0.595. The molecule has 0 saturated heterocycles. The molecule has 0 spiro atoms. The molecule has 0 aromatic rings. The van der Waals surface area contributed by atoms with E-state index >= 15 is 0 Å². The van der Waals surface area contributed by atoms with E-state index in [0.29, 0.717) is 12.6 Å². The van der Waals surface area contributed by atoms with E-state index in [2.05, 4.69) is 52.3 Å². The maximum absolute atomic E-state index is 6.15. The lowest BCUT2D eigenvalue weighted by Gasteiger charge is -2.24. The molecule has 124 valence electrons. The monoisotopic (exact) mass is 330 g/mol. The van der Waals surface area contributed by atoms with Gasteiger partial charge in [-0.1, -0.05) is 13.3 Å². The Morgan fingerprint density at radius 2 is 1.48 bits per heavy atom. The van der Waals surface area contributed by atoms with Gasteiger partial charge in [0.15, 0.2) is 0 Å². The van der Waals surface area contributed by atoms with E-state index < -0.39 is 16.6 Å². The van der Waals surface area contributed by atoms with Gasteiger partial charge in [-0.25, -0.2) is 0 Å². The van der Waals surface area contributed by atoms with Crippen molar-refractivity contribution in [1.82, 2.24) is 0 Å². The molecule has 3 nitrogen and oxygen atoms in total. The van der Waals surface area contributed by atoms with Gasteiger partial charge in [0.05, 0.1) is 12.7 Å². The number of allylic oxidation sites excluding steroid dienone is 2. The highest BCUT2D eigenvalue weighted by Gasteiger charge is 2.21. The number of ether oxygens (including phenoxy) is 1. The third kappa shape index (κ3) is 12.7. The fourth-order valence-electron chi connectivity index (χ4n) is 1.59. The standard InChI is InChI=1S/C16H34O3Si2/c1-9-11-12-13-15(18-20(3,4)5)14-16(17-10-2)19-21(6,7)8/h13-14H,9-12H2,1-8H3/b15-13-,16-14-. The van der Waals surface area contributed by atoms with Crippen LogP contribution < -0.4 is 0 Å². The summed E-state index contributed by atoms with van der Waals surface area (Å²) < 4.78 is 17.8. The van der Waals surface area contributed by atoms with Crippen LogP contribution in [0.2, 0.25) is 39.3 Å². The van der Waals surface area contributed by atoms with E-state index in [0.717, 1.165) is 12.2 Å². The van der Waals surface area contributed by atoms with Crippen molar-refractivity contribution in [2.24, 2.45) is 0 Å². The first-order valence-electron chi connectivity index (χ1n) is 8.00. The summed E-state index contributed by atoms with van der Waals surface area (Å²) in [7, 11) is -3.33. The Labute approximate surface area is 133 Å². The zero-order valence-electron chi connectivity index (χ0n) is 15.2. The first-order chi connectivity index (χ1) is 9.57. The number of unbranched alkanes of at least 4 members (excludes halogenated alkanes) is 2. The van der Waals surface area contributed by atoms with Crippen molar-refractivity contribution in [1.29, 1.82) is 0 Å². The Bertz CT molecular complexity index is 350. The molecule has 0 amide bonds. The summed E-state index contributed by atoms with van der Waals surface area (Å²) in [5, 5.41) is 0. The molecule has 0 aliphatic heterocycles. The molecule has 0 unspecified atom stereocenters. The van der Waals surface area contributed by atoms with Crippen LogP contribution in [-0.4, -0.2) is 23.2 Å². The third-order valence-corrected chi connectivity index (χ3v) is 3.94. The topological polar surface area (TPSA) is 27.7 Å². The second-order valence-corrected chi connectivity index (χ2v) is 15.9. The average Bonchev–Trinajstić information content (AvgIpc) is 2.25. The van der Waals surface area contributed by atoms with Crippen LogP contribution in [-0.2, 0) is 13.6 Å². The van der Waals surface area contributed by atoms with Crippen LogP contribution in [0.15, 0.2) is 23.9 Å². The summed E-state index contributed by atoms with van der Waals surface area (Å²) in [5.74, 6) is 1.49. The number of rotatable bonds is 10. The average molecular weight is 331 g/mol. The predicted molar refractivity (Wildman–Crippen MR) is 96.2 cm³/mol. The predicted octanol–water partition coefficient (Wildman–Crippen LogP) is 5.64. The summed E-state index contributed by atoms with van der Waals surface area (Å²) in [6.45, 7) is 17.8. The molecule has 0 fully saturated rings. The van der Waals surface area contributed by atoms with Crippen LogP contribution >= 0.6 is 0 Å². The third-order valence-electron chi connectivity index (χ3n) is 2.28. The van der Waals surface area contributed by atoms with Crippen molar-refractivity contribution in [2.45, 2.75) is 72.4 Å². The Morgan fingerprint density at radius 1 is 0.905 bits per heavy atom. The van der Waals surface area contributed by atoms with Crippen LogP contribution in [0.4, 0.5) is 0 Å². The van der Waals surface area contributed by atoms with Crippen LogP contribution in [0.5, 0.6) is 0 Å². The molecule has 0 atom stereocenters. The molecular weight excluding hydrogens is 296 g/mol. The maximum atomic E-state index is 6.15. The number of hydrogen-bond acceptors (Lipinski definition) is 3. The smallest absolute Gasteiger partial charge is 0.268 e. The molecule has 0 aliphatic carbocycles. The Morgan fingerprint density at radius 3 is 1.90 bits per heavy atom. The normalized spacial score (nSPS) is 14.1. The minimum Gasteiger partial charge on any atom is -0.544 e. The van der Waals surface area contributed by atoms with E-state index in [1.807, 2.05) is 13.0 Å². The highest BCUT2D eigenvalue weighted by atomic mass is 28.4. The quantitative estimate of drug-likeness (QED) is 0.224. The first kappa shape index (κ1) is 20.3. The van der Waals surface area contributed by atoms with E-state index in [4.69, 9.17) is 13.6 Å². The van der Waals surface area contributed by atoms with Gasteiger partial charge in [0.25, 0.3) is 5.95 Å². The van der Waals surface area contributed by atoms with Crippen molar-refractivity contribution in [2.75, 3.05) is 6.61 Å². The SMILES string of the molecule is CCCC/C=C(/C=C(/OCC)O[Si](C)(C)C)O[Si](C)(C)C. The summed E-state index contributed by atoms with van der Waals surface area (Å²) in [4.78, 5) is 0. The number of hydrogen-bond donors (Lipinski definition) is 0. The van der Waals surface area contributed by atoms with Crippen LogP contribution in [0.1, 0.15) is 33.1 Å². The Kier molecular flexibility index (Phi) is 9.05. The first-order valence-corrected chi connectivity index (χ1v) is 14.8. The zero-order chi connectivity index (χ0) is 16.5. The summed E-state index contributed by atoms with van der Waals surface area (Å²) >= 11 is 0. The largest absolute Gasteiger partial charge is 0.544 e. The van der Waals surface area contributed by atoms with Gasteiger partial charge in [-0.05, 0) is 65.1 Å².